The Labute approximate surface area is 188 Å². The topological polar surface area (TPSA) is 111 Å². The van der Waals surface area contributed by atoms with Crippen molar-refractivity contribution in [2.45, 2.75) is 25.6 Å². The molecule has 0 spiro atoms. The minimum absolute atomic E-state index is 0.300. The van der Waals surface area contributed by atoms with Gasteiger partial charge in [0.25, 0.3) is 11.8 Å². The van der Waals surface area contributed by atoms with E-state index < -0.39 is 24.0 Å². The van der Waals surface area contributed by atoms with Crippen LogP contribution in [0.1, 0.15) is 34.0 Å². The highest BCUT2D eigenvalue weighted by molar-refractivity contribution is 5.97. The summed E-state index contributed by atoms with van der Waals surface area (Å²) in [7, 11) is 3.73. The molecule has 0 bridgehead atoms. The number of hydroxylamine groups is 1. The highest BCUT2D eigenvalue weighted by Gasteiger charge is 2.25. The zero-order valence-electron chi connectivity index (χ0n) is 18.5. The van der Waals surface area contributed by atoms with Crippen LogP contribution in [0.3, 0.4) is 0 Å². The Morgan fingerprint density at radius 1 is 1.06 bits per heavy atom. The molecule has 170 valence electrons. The molecular weight excluding hydrogens is 410 g/mol. The number of benzene rings is 2. The van der Waals surface area contributed by atoms with E-state index in [9.17, 15) is 14.7 Å². The number of carbonyl (C=O) groups excluding carboxylic acids is 2. The summed E-state index contributed by atoms with van der Waals surface area (Å²) in [5.74, 6) is 4.70. The molecule has 0 fully saturated rings. The van der Waals surface area contributed by atoms with Crippen LogP contribution >= 0.6 is 0 Å². The first-order valence-electron chi connectivity index (χ1n) is 10.2. The molecule has 0 aromatic heterocycles. The number of hydrogen-bond donors (Lipinski definition) is 4. The van der Waals surface area contributed by atoms with E-state index >= 15 is 0 Å². The molecular formula is C24H29N3O5. The fraction of sp³-hybridized carbons (Fsp3) is 0.333. The van der Waals surface area contributed by atoms with Gasteiger partial charge in [-0.1, -0.05) is 24.0 Å². The average Bonchev–Trinajstić information content (AvgIpc) is 2.80. The standard InChI is InChI=1S/C24H29N3O5/c1-17(28)22(24(30)26-31)25-23(29)21-12-10-19(11-13-21)5-4-18-6-8-20(9-7-18)16-27(2)14-15-32-3/h6-13,17,22,28,31H,14-16H2,1-3H3,(H,25,29)(H,26,30)/t17-,22+/m1/s1. The summed E-state index contributed by atoms with van der Waals surface area (Å²) in [6, 6.07) is 13.3. The number of ether oxygens (including phenoxy) is 1. The number of aliphatic hydroxyl groups excluding tert-OH is 1. The molecule has 8 nitrogen and oxygen atoms in total. The van der Waals surface area contributed by atoms with Gasteiger partial charge in [-0.15, -0.1) is 0 Å². The number of carbonyl (C=O) groups is 2. The summed E-state index contributed by atoms with van der Waals surface area (Å²) in [4.78, 5) is 26.0. The van der Waals surface area contributed by atoms with E-state index in [0.717, 1.165) is 24.2 Å². The maximum atomic E-state index is 12.3. The van der Waals surface area contributed by atoms with Gasteiger partial charge in [-0.3, -0.25) is 19.7 Å². The first-order valence-corrected chi connectivity index (χ1v) is 10.2. The zero-order chi connectivity index (χ0) is 23.5. The predicted molar refractivity (Wildman–Crippen MR) is 120 cm³/mol. The largest absolute Gasteiger partial charge is 0.391 e. The first kappa shape index (κ1) is 25.0. The van der Waals surface area contributed by atoms with Crippen LogP contribution in [0, 0.1) is 11.8 Å². The van der Waals surface area contributed by atoms with Crippen LogP contribution in [0.15, 0.2) is 48.5 Å². The van der Waals surface area contributed by atoms with Gasteiger partial charge in [0.15, 0.2) is 0 Å². The maximum absolute atomic E-state index is 12.3. The van der Waals surface area contributed by atoms with Gasteiger partial charge in [0.05, 0.1) is 12.7 Å². The van der Waals surface area contributed by atoms with Gasteiger partial charge in [-0.2, -0.15) is 0 Å². The lowest BCUT2D eigenvalue weighted by atomic mass is 10.1. The van der Waals surface area contributed by atoms with Gasteiger partial charge in [-0.25, -0.2) is 5.48 Å². The number of likely N-dealkylation sites (N-methyl/N-ethyl adjacent to an activating group) is 1. The number of amides is 2. The van der Waals surface area contributed by atoms with Gasteiger partial charge >= 0.3 is 0 Å². The Hall–Kier alpha value is -3.22. The molecule has 32 heavy (non-hydrogen) atoms. The second kappa shape index (κ2) is 12.6. The molecule has 2 rings (SSSR count). The third-order valence-electron chi connectivity index (χ3n) is 4.74. The van der Waals surface area contributed by atoms with Crippen LogP contribution in [0.4, 0.5) is 0 Å². The highest BCUT2D eigenvalue weighted by atomic mass is 16.5. The molecule has 2 aromatic carbocycles. The van der Waals surface area contributed by atoms with E-state index in [2.05, 4.69) is 22.1 Å². The van der Waals surface area contributed by atoms with Crippen molar-refractivity contribution < 1.29 is 24.6 Å². The number of nitrogens with one attached hydrogen (secondary N) is 2. The fourth-order valence-electron chi connectivity index (χ4n) is 2.88. The molecule has 0 aliphatic carbocycles. The van der Waals surface area contributed by atoms with Crippen molar-refractivity contribution in [3.8, 4) is 11.8 Å². The normalized spacial score (nSPS) is 12.4. The van der Waals surface area contributed by atoms with Crippen LogP contribution in [0.5, 0.6) is 0 Å². The lowest BCUT2D eigenvalue weighted by molar-refractivity contribution is -0.133. The minimum Gasteiger partial charge on any atom is -0.391 e. The summed E-state index contributed by atoms with van der Waals surface area (Å²) in [5.41, 5.74) is 4.52. The number of rotatable bonds is 9. The number of hydrogen-bond acceptors (Lipinski definition) is 6. The number of aliphatic hydroxyl groups is 1. The smallest absolute Gasteiger partial charge is 0.268 e. The van der Waals surface area contributed by atoms with E-state index in [1.165, 1.54) is 18.0 Å². The molecule has 0 heterocycles. The molecule has 0 radical (unpaired) electrons. The molecule has 2 amide bonds. The lowest BCUT2D eigenvalue weighted by Crippen LogP contribution is -2.51. The maximum Gasteiger partial charge on any atom is 0.268 e. The van der Waals surface area contributed by atoms with Crippen molar-refractivity contribution in [1.82, 2.24) is 15.7 Å². The Bertz CT molecular complexity index is 946. The third kappa shape index (κ3) is 7.80. The molecule has 0 aliphatic heterocycles. The molecule has 4 N–H and O–H groups in total. The monoisotopic (exact) mass is 439 g/mol. The Morgan fingerprint density at radius 2 is 1.62 bits per heavy atom. The summed E-state index contributed by atoms with van der Waals surface area (Å²) >= 11 is 0. The van der Waals surface area contributed by atoms with Crippen LogP contribution < -0.4 is 10.8 Å². The molecule has 2 atom stereocenters. The van der Waals surface area contributed by atoms with Crippen molar-refractivity contribution in [2.75, 3.05) is 27.3 Å². The second-order valence-electron chi connectivity index (χ2n) is 7.42. The summed E-state index contributed by atoms with van der Waals surface area (Å²) < 4.78 is 5.09. The van der Waals surface area contributed by atoms with Gasteiger partial charge in [0, 0.05) is 36.9 Å². The third-order valence-corrected chi connectivity index (χ3v) is 4.74. The van der Waals surface area contributed by atoms with E-state index in [-0.39, 0.29) is 0 Å². The first-order chi connectivity index (χ1) is 15.3. The predicted octanol–water partition coefficient (Wildman–Crippen LogP) is 1.15. The van der Waals surface area contributed by atoms with Crippen molar-refractivity contribution in [1.29, 1.82) is 0 Å². The Morgan fingerprint density at radius 3 is 2.12 bits per heavy atom. The van der Waals surface area contributed by atoms with Crippen LogP contribution in [-0.4, -0.2) is 66.5 Å². The van der Waals surface area contributed by atoms with Gasteiger partial charge in [-0.05, 0) is 55.9 Å². The molecule has 0 saturated carbocycles. The van der Waals surface area contributed by atoms with Crippen LogP contribution in [0.25, 0.3) is 0 Å². The fourth-order valence-corrected chi connectivity index (χ4v) is 2.88. The van der Waals surface area contributed by atoms with Crippen molar-refractivity contribution in [3.05, 3.63) is 70.8 Å². The minimum atomic E-state index is -1.27. The quantitative estimate of drug-likeness (QED) is 0.265. The SMILES string of the molecule is COCCN(C)Cc1ccc(C#Cc2ccc(C(=O)N[C@H](C(=O)NO)[C@@H](C)O)cc2)cc1. The van der Waals surface area contributed by atoms with Crippen molar-refractivity contribution in [2.24, 2.45) is 0 Å². The summed E-state index contributed by atoms with van der Waals surface area (Å²) in [6.45, 7) is 3.72. The lowest BCUT2D eigenvalue weighted by Gasteiger charge is -2.19. The van der Waals surface area contributed by atoms with Crippen molar-refractivity contribution in [3.63, 3.8) is 0 Å². The highest BCUT2D eigenvalue weighted by Crippen LogP contribution is 2.08. The van der Waals surface area contributed by atoms with Crippen LogP contribution in [0.2, 0.25) is 0 Å². The molecule has 8 heteroatoms. The van der Waals surface area contributed by atoms with E-state index in [4.69, 9.17) is 9.94 Å². The molecule has 0 saturated heterocycles. The molecule has 0 aliphatic rings. The van der Waals surface area contributed by atoms with E-state index in [0.29, 0.717) is 12.2 Å². The Kier molecular flexibility index (Phi) is 9.85. The average molecular weight is 440 g/mol. The molecule has 0 unspecified atom stereocenters. The summed E-state index contributed by atoms with van der Waals surface area (Å²) in [5, 5.41) is 20.7. The van der Waals surface area contributed by atoms with E-state index in [1.807, 2.05) is 31.3 Å². The zero-order valence-corrected chi connectivity index (χ0v) is 18.5. The number of nitrogens with zero attached hydrogens (tertiary/aromatic N) is 1. The van der Waals surface area contributed by atoms with E-state index in [1.54, 1.807) is 31.4 Å². The molecule has 2 aromatic rings. The number of methoxy groups -OCH3 is 1. The van der Waals surface area contributed by atoms with Crippen LogP contribution in [-0.2, 0) is 16.1 Å². The van der Waals surface area contributed by atoms with Gasteiger partial charge < -0.3 is 15.2 Å². The second-order valence-corrected chi connectivity index (χ2v) is 7.42. The summed E-state index contributed by atoms with van der Waals surface area (Å²) in [6.07, 6.45) is -1.17. The Balaban J connectivity index is 1.98. The van der Waals surface area contributed by atoms with Gasteiger partial charge in [0.1, 0.15) is 6.04 Å². The van der Waals surface area contributed by atoms with Crippen molar-refractivity contribution >= 4 is 11.8 Å². The van der Waals surface area contributed by atoms with Gasteiger partial charge in [0.2, 0.25) is 0 Å².